The van der Waals surface area contributed by atoms with Crippen molar-refractivity contribution in [1.82, 2.24) is 19.9 Å². The molecule has 0 bridgehead atoms. The first-order valence-electron chi connectivity index (χ1n) is 9.30. The van der Waals surface area contributed by atoms with Gasteiger partial charge in [-0.25, -0.2) is 14.8 Å². The second kappa shape index (κ2) is 7.98. The second-order valence-electron chi connectivity index (χ2n) is 6.84. The third-order valence-electron chi connectivity index (χ3n) is 5.22. The summed E-state index contributed by atoms with van der Waals surface area (Å²) in [5.74, 6) is -0.298. The molecule has 2 fully saturated rings. The van der Waals surface area contributed by atoms with Gasteiger partial charge in [0, 0.05) is 44.6 Å². The molecule has 4 heterocycles. The van der Waals surface area contributed by atoms with Crippen molar-refractivity contribution in [1.29, 1.82) is 0 Å². The van der Waals surface area contributed by atoms with Gasteiger partial charge in [0.1, 0.15) is 0 Å². The largest absolute Gasteiger partial charge is 0.478 e. The number of anilines is 1. The average Bonchev–Trinajstić information content (AvgIpc) is 2.75. The van der Waals surface area contributed by atoms with Crippen LogP contribution in [-0.2, 0) is 4.74 Å². The standard InChI is InChI=1S/C19H23N5O3/c25-18(26)14-1-5-20-17(13-14)16-2-6-21-19(22-16)24-7-3-15(4-8-24)23-9-11-27-12-10-23/h1-2,5-6,13,15H,3-4,7-12H2,(H,25,26). The summed E-state index contributed by atoms with van der Waals surface area (Å²) >= 11 is 0. The van der Waals surface area contributed by atoms with Gasteiger partial charge in [-0.3, -0.25) is 9.88 Å². The molecule has 2 aromatic rings. The summed E-state index contributed by atoms with van der Waals surface area (Å²) in [4.78, 5) is 29.2. The van der Waals surface area contributed by atoms with Crippen molar-refractivity contribution in [2.75, 3.05) is 44.3 Å². The van der Waals surface area contributed by atoms with Crippen LogP contribution in [0.5, 0.6) is 0 Å². The van der Waals surface area contributed by atoms with Crippen molar-refractivity contribution >= 4 is 11.9 Å². The van der Waals surface area contributed by atoms with E-state index in [0.717, 1.165) is 52.2 Å². The molecule has 0 spiro atoms. The van der Waals surface area contributed by atoms with Gasteiger partial charge in [0.25, 0.3) is 0 Å². The van der Waals surface area contributed by atoms with Gasteiger partial charge in [0.05, 0.1) is 30.2 Å². The van der Waals surface area contributed by atoms with E-state index >= 15 is 0 Å². The number of carboxylic acid groups (broad SMARTS) is 1. The van der Waals surface area contributed by atoms with Crippen LogP contribution < -0.4 is 4.90 Å². The molecule has 0 atom stereocenters. The first-order chi connectivity index (χ1) is 13.2. The Morgan fingerprint density at radius 1 is 1.04 bits per heavy atom. The van der Waals surface area contributed by atoms with E-state index in [4.69, 9.17) is 9.84 Å². The van der Waals surface area contributed by atoms with Crippen molar-refractivity contribution in [2.45, 2.75) is 18.9 Å². The molecular formula is C19H23N5O3. The van der Waals surface area contributed by atoms with Crippen molar-refractivity contribution < 1.29 is 14.6 Å². The molecule has 2 saturated heterocycles. The van der Waals surface area contributed by atoms with Crippen molar-refractivity contribution in [3.8, 4) is 11.4 Å². The van der Waals surface area contributed by atoms with Crippen LogP contribution in [0.3, 0.4) is 0 Å². The predicted molar refractivity (Wildman–Crippen MR) is 99.8 cm³/mol. The Hall–Kier alpha value is -2.58. The zero-order valence-electron chi connectivity index (χ0n) is 15.1. The second-order valence-corrected chi connectivity index (χ2v) is 6.84. The van der Waals surface area contributed by atoms with Gasteiger partial charge in [-0.15, -0.1) is 0 Å². The summed E-state index contributed by atoms with van der Waals surface area (Å²) < 4.78 is 5.44. The summed E-state index contributed by atoms with van der Waals surface area (Å²) in [6.07, 6.45) is 5.37. The van der Waals surface area contributed by atoms with E-state index in [2.05, 4.69) is 24.8 Å². The number of aromatic nitrogens is 3. The van der Waals surface area contributed by atoms with Gasteiger partial charge < -0.3 is 14.7 Å². The predicted octanol–water partition coefficient (Wildman–Crippen LogP) is 1.54. The third-order valence-corrected chi connectivity index (χ3v) is 5.22. The number of aromatic carboxylic acids is 1. The lowest BCUT2D eigenvalue weighted by molar-refractivity contribution is 0.0114. The van der Waals surface area contributed by atoms with Crippen LogP contribution in [0, 0.1) is 0 Å². The van der Waals surface area contributed by atoms with E-state index in [0.29, 0.717) is 23.4 Å². The van der Waals surface area contributed by atoms with Gasteiger partial charge in [-0.1, -0.05) is 0 Å². The number of hydrogen-bond donors (Lipinski definition) is 1. The Bertz CT molecular complexity index is 801. The molecule has 0 aromatic carbocycles. The number of morpholine rings is 1. The summed E-state index contributed by atoms with van der Waals surface area (Å²) in [5, 5.41) is 9.17. The van der Waals surface area contributed by atoms with Crippen LogP contribution in [0.4, 0.5) is 5.95 Å². The molecule has 4 rings (SSSR count). The Morgan fingerprint density at radius 3 is 2.52 bits per heavy atom. The van der Waals surface area contributed by atoms with E-state index < -0.39 is 5.97 Å². The third kappa shape index (κ3) is 4.06. The molecule has 0 amide bonds. The molecule has 8 heteroatoms. The van der Waals surface area contributed by atoms with E-state index in [1.807, 2.05) is 0 Å². The molecule has 2 aliphatic heterocycles. The molecule has 0 unspecified atom stereocenters. The van der Waals surface area contributed by atoms with Gasteiger partial charge in [0.15, 0.2) is 0 Å². The Labute approximate surface area is 157 Å². The maximum Gasteiger partial charge on any atom is 0.335 e. The molecule has 142 valence electrons. The average molecular weight is 369 g/mol. The van der Waals surface area contributed by atoms with Crippen LogP contribution in [0.1, 0.15) is 23.2 Å². The Balaban J connectivity index is 1.45. The Morgan fingerprint density at radius 2 is 1.78 bits per heavy atom. The SMILES string of the molecule is O=C(O)c1ccnc(-c2ccnc(N3CCC(N4CCOCC4)CC3)n2)c1. The molecule has 2 aromatic heterocycles. The number of nitrogens with zero attached hydrogens (tertiary/aromatic N) is 5. The summed E-state index contributed by atoms with van der Waals surface area (Å²) in [7, 11) is 0. The normalized spacial score (nSPS) is 19.2. The Kier molecular flexibility index (Phi) is 5.26. The van der Waals surface area contributed by atoms with Crippen molar-refractivity contribution in [3.63, 3.8) is 0 Å². The van der Waals surface area contributed by atoms with Crippen LogP contribution in [0.15, 0.2) is 30.6 Å². The number of ether oxygens (including phenoxy) is 1. The zero-order chi connectivity index (χ0) is 18.6. The first-order valence-corrected chi connectivity index (χ1v) is 9.30. The van der Waals surface area contributed by atoms with Crippen LogP contribution in [0.25, 0.3) is 11.4 Å². The summed E-state index contributed by atoms with van der Waals surface area (Å²) in [5.41, 5.74) is 1.38. The maximum atomic E-state index is 11.2. The molecule has 0 aliphatic carbocycles. The minimum Gasteiger partial charge on any atom is -0.478 e. The number of rotatable bonds is 4. The lowest BCUT2D eigenvalue weighted by Crippen LogP contribution is -2.49. The minimum atomic E-state index is -0.974. The summed E-state index contributed by atoms with van der Waals surface area (Å²) in [6.45, 7) is 5.51. The van der Waals surface area contributed by atoms with Crippen molar-refractivity contribution in [2.24, 2.45) is 0 Å². The van der Waals surface area contributed by atoms with E-state index in [1.165, 1.54) is 12.3 Å². The minimum absolute atomic E-state index is 0.200. The molecule has 8 nitrogen and oxygen atoms in total. The van der Waals surface area contributed by atoms with E-state index in [9.17, 15) is 4.79 Å². The number of piperidine rings is 1. The monoisotopic (exact) mass is 369 g/mol. The smallest absolute Gasteiger partial charge is 0.335 e. The number of pyridine rings is 1. The highest BCUT2D eigenvalue weighted by atomic mass is 16.5. The molecule has 27 heavy (non-hydrogen) atoms. The lowest BCUT2D eigenvalue weighted by atomic mass is 10.0. The van der Waals surface area contributed by atoms with Gasteiger partial charge in [0.2, 0.25) is 5.95 Å². The van der Waals surface area contributed by atoms with E-state index in [1.54, 1.807) is 18.3 Å². The molecule has 0 radical (unpaired) electrons. The lowest BCUT2D eigenvalue weighted by Gasteiger charge is -2.40. The van der Waals surface area contributed by atoms with Gasteiger partial charge in [-0.2, -0.15) is 0 Å². The van der Waals surface area contributed by atoms with Gasteiger partial charge in [-0.05, 0) is 31.0 Å². The molecule has 1 N–H and O–H groups in total. The zero-order valence-corrected chi connectivity index (χ0v) is 15.1. The molecular weight excluding hydrogens is 346 g/mol. The van der Waals surface area contributed by atoms with Crippen LogP contribution in [0.2, 0.25) is 0 Å². The quantitative estimate of drug-likeness (QED) is 0.868. The highest BCUT2D eigenvalue weighted by Gasteiger charge is 2.26. The van der Waals surface area contributed by atoms with Gasteiger partial charge >= 0.3 is 5.97 Å². The fourth-order valence-corrected chi connectivity index (χ4v) is 3.72. The van der Waals surface area contributed by atoms with E-state index in [-0.39, 0.29) is 5.56 Å². The van der Waals surface area contributed by atoms with Crippen LogP contribution >= 0.6 is 0 Å². The number of hydrogen-bond acceptors (Lipinski definition) is 7. The van der Waals surface area contributed by atoms with Crippen LogP contribution in [-0.4, -0.2) is 76.4 Å². The number of carbonyl (C=O) groups is 1. The topological polar surface area (TPSA) is 91.7 Å². The fourth-order valence-electron chi connectivity index (χ4n) is 3.72. The summed E-state index contributed by atoms with van der Waals surface area (Å²) in [6, 6.07) is 5.38. The fraction of sp³-hybridized carbons (Fsp3) is 0.474. The molecule has 2 aliphatic rings. The highest BCUT2D eigenvalue weighted by molar-refractivity contribution is 5.88. The number of carboxylic acids is 1. The molecule has 0 saturated carbocycles. The maximum absolute atomic E-state index is 11.2. The van der Waals surface area contributed by atoms with Crippen molar-refractivity contribution in [3.05, 3.63) is 36.2 Å². The first kappa shape index (κ1) is 17.8. The highest BCUT2D eigenvalue weighted by Crippen LogP contribution is 2.23.